The maximum Gasteiger partial charge on any atom is 0.0306 e. The first-order chi connectivity index (χ1) is 10.7. The predicted molar refractivity (Wildman–Crippen MR) is 94.1 cm³/mol. The maximum atomic E-state index is 5.83. The summed E-state index contributed by atoms with van der Waals surface area (Å²) in [5.41, 5.74) is 24.8. The van der Waals surface area contributed by atoms with Crippen molar-refractivity contribution in [2.45, 2.75) is 24.9 Å². The molecule has 0 saturated heterocycles. The van der Waals surface area contributed by atoms with E-state index >= 15 is 0 Å². The van der Waals surface area contributed by atoms with Gasteiger partial charge < -0.3 is 22.9 Å². The Morgan fingerprint density at radius 1 is 0.591 bits per heavy atom. The minimum Gasteiger partial charge on any atom is -0.330 e. The highest BCUT2D eigenvalue weighted by atomic mass is 14.7. The molecule has 2 aromatic rings. The zero-order valence-corrected chi connectivity index (χ0v) is 13.1. The summed E-state index contributed by atoms with van der Waals surface area (Å²) >= 11 is 0. The summed E-state index contributed by atoms with van der Waals surface area (Å²) in [5, 5.41) is 0. The number of hydrogen-bond acceptors (Lipinski definition) is 4. The molecule has 4 heteroatoms. The molecule has 0 aliphatic carbocycles. The van der Waals surface area contributed by atoms with Crippen molar-refractivity contribution in [3.63, 3.8) is 0 Å². The first-order valence-corrected chi connectivity index (χ1v) is 7.70. The third kappa shape index (κ3) is 6.83. The molecule has 2 unspecified atom stereocenters. The van der Waals surface area contributed by atoms with Crippen LogP contribution < -0.4 is 22.9 Å². The van der Waals surface area contributed by atoms with E-state index < -0.39 is 0 Å². The molecule has 0 aliphatic heterocycles. The molecular formula is C18H28N4. The van der Waals surface area contributed by atoms with Gasteiger partial charge in [-0.25, -0.2) is 0 Å². The SMILES string of the molecule is NCCC(N)c1ccccc1.NCCC(N)c1ccccc1. The molecule has 0 saturated carbocycles. The van der Waals surface area contributed by atoms with Crippen LogP contribution in [0.3, 0.4) is 0 Å². The van der Waals surface area contributed by atoms with E-state index in [1.165, 1.54) is 0 Å². The Hall–Kier alpha value is -1.72. The van der Waals surface area contributed by atoms with E-state index in [0.29, 0.717) is 13.1 Å². The van der Waals surface area contributed by atoms with Crippen molar-refractivity contribution < 1.29 is 0 Å². The molecule has 0 spiro atoms. The zero-order valence-electron chi connectivity index (χ0n) is 13.1. The second kappa shape index (κ2) is 10.9. The average molecular weight is 300 g/mol. The van der Waals surface area contributed by atoms with Gasteiger partial charge in [0.1, 0.15) is 0 Å². The second-order valence-electron chi connectivity index (χ2n) is 5.19. The predicted octanol–water partition coefficient (Wildman–Crippen LogP) is 2.07. The Kier molecular flexibility index (Phi) is 9.11. The Labute approximate surface area is 133 Å². The van der Waals surface area contributed by atoms with Crippen molar-refractivity contribution in [1.29, 1.82) is 0 Å². The molecule has 0 aromatic heterocycles. The highest BCUT2D eigenvalue weighted by Crippen LogP contribution is 2.12. The van der Waals surface area contributed by atoms with Crippen LogP contribution in [0, 0.1) is 0 Å². The van der Waals surface area contributed by atoms with E-state index in [2.05, 4.69) is 0 Å². The summed E-state index contributed by atoms with van der Waals surface area (Å²) in [6.07, 6.45) is 1.70. The molecule has 0 radical (unpaired) electrons. The van der Waals surface area contributed by atoms with Gasteiger partial charge in [-0.05, 0) is 37.1 Å². The molecule has 2 aromatic carbocycles. The molecule has 8 N–H and O–H groups in total. The van der Waals surface area contributed by atoms with Crippen LogP contribution in [0.4, 0.5) is 0 Å². The molecule has 0 fully saturated rings. The molecule has 22 heavy (non-hydrogen) atoms. The van der Waals surface area contributed by atoms with Crippen molar-refractivity contribution in [2.24, 2.45) is 22.9 Å². The molecule has 0 bridgehead atoms. The van der Waals surface area contributed by atoms with Crippen molar-refractivity contribution in [3.8, 4) is 0 Å². The van der Waals surface area contributed by atoms with Gasteiger partial charge in [0, 0.05) is 12.1 Å². The Morgan fingerprint density at radius 2 is 0.909 bits per heavy atom. The Balaban J connectivity index is 0.000000220. The Morgan fingerprint density at radius 3 is 1.18 bits per heavy atom. The minimum atomic E-state index is 0.0983. The molecule has 0 heterocycles. The topological polar surface area (TPSA) is 104 Å². The van der Waals surface area contributed by atoms with Crippen molar-refractivity contribution >= 4 is 0 Å². The van der Waals surface area contributed by atoms with Crippen LogP contribution in [-0.2, 0) is 0 Å². The highest BCUT2D eigenvalue weighted by Gasteiger charge is 2.02. The van der Waals surface area contributed by atoms with Gasteiger partial charge in [0.15, 0.2) is 0 Å². The van der Waals surface area contributed by atoms with Crippen LogP contribution in [0.15, 0.2) is 60.7 Å². The number of rotatable bonds is 6. The lowest BCUT2D eigenvalue weighted by molar-refractivity contribution is 0.661. The summed E-state index contributed by atoms with van der Waals surface area (Å²) in [4.78, 5) is 0. The van der Waals surface area contributed by atoms with Gasteiger partial charge >= 0.3 is 0 Å². The van der Waals surface area contributed by atoms with E-state index in [9.17, 15) is 0 Å². The standard InChI is InChI=1S/2C9H14N2/c2*10-7-6-9(11)8-4-2-1-3-5-8/h2*1-5,9H,6-7,10-11H2. The van der Waals surface area contributed by atoms with Gasteiger partial charge in [-0.15, -0.1) is 0 Å². The van der Waals surface area contributed by atoms with Gasteiger partial charge in [-0.2, -0.15) is 0 Å². The fourth-order valence-electron chi connectivity index (χ4n) is 2.09. The van der Waals surface area contributed by atoms with Gasteiger partial charge in [-0.3, -0.25) is 0 Å². The second-order valence-corrected chi connectivity index (χ2v) is 5.19. The van der Waals surface area contributed by atoms with Crippen LogP contribution in [0.5, 0.6) is 0 Å². The zero-order chi connectivity index (χ0) is 16.2. The van der Waals surface area contributed by atoms with Crippen LogP contribution in [0.2, 0.25) is 0 Å². The third-order valence-corrected chi connectivity index (χ3v) is 3.41. The average Bonchev–Trinajstić information content (AvgIpc) is 2.57. The molecule has 120 valence electrons. The van der Waals surface area contributed by atoms with Crippen molar-refractivity contribution in [3.05, 3.63) is 71.8 Å². The number of nitrogens with two attached hydrogens (primary N) is 4. The fourth-order valence-corrected chi connectivity index (χ4v) is 2.09. The van der Waals surface area contributed by atoms with Gasteiger partial charge in [0.2, 0.25) is 0 Å². The Bertz CT molecular complexity index is 439. The van der Waals surface area contributed by atoms with Gasteiger partial charge in [0.25, 0.3) is 0 Å². The quantitative estimate of drug-likeness (QED) is 0.655. The first-order valence-electron chi connectivity index (χ1n) is 7.70. The molecule has 0 amide bonds. The van der Waals surface area contributed by atoms with Crippen molar-refractivity contribution in [1.82, 2.24) is 0 Å². The van der Waals surface area contributed by atoms with E-state index in [4.69, 9.17) is 22.9 Å². The summed E-state index contributed by atoms with van der Waals surface area (Å²) in [5.74, 6) is 0. The fraction of sp³-hybridized carbons (Fsp3) is 0.333. The van der Waals surface area contributed by atoms with Crippen molar-refractivity contribution in [2.75, 3.05) is 13.1 Å². The van der Waals surface area contributed by atoms with Gasteiger partial charge in [0.05, 0.1) is 0 Å². The highest BCUT2D eigenvalue weighted by molar-refractivity contribution is 5.18. The van der Waals surface area contributed by atoms with Crippen LogP contribution in [0.25, 0.3) is 0 Å². The summed E-state index contributed by atoms with van der Waals surface area (Å²) in [6.45, 7) is 1.30. The molecule has 4 nitrogen and oxygen atoms in total. The normalized spacial score (nSPS) is 12.9. The van der Waals surface area contributed by atoms with E-state index in [1.807, 2.05) is 60.7 Å². The lowest BCUT2D eigenvalue weighted by Crippen LogP contribution is -2.14. The third-order valence-electron chi connectivity index (χ3n) is 3.41. The molecule has 0 aliphatic rings. The maximum absolute atomic E-state index is 5.83. The van der Waals surface area contributed by atoms with E-state index in [1.54, 1.807) is 0 Å². The van der Waals surface area contributed by atoms with Crippen LogP contribution in [-0.4, -0.2) is 13.1 Å². The number of benzene rings is 2. The largest absolute Gasteiger partial charge is 0.330 e. The van der Waals surface area contributed by atoms with E-state index in [0.717, 1.165) is 24.0 Å². The summed E-state index contributed by atoms with van der Waals surface area (Å²) in [7, 11) is 0. The monoisotopic (exact) mass is 300 g/mol. The summed E-state index contributed by atoms with van der Waals surface area (Å²) < 4.78 is 0. The summed E-state index contributed by atoms with van der Waals surface area (Å²) in [6, 6.07) is 20.2. The first kappa shape index (κ1) is 18.3. The van der Waals surface area contributed by atoms with Crippen LogP contribution >= 0.6 is 0 Å². The molecule has 2 rings (SSSR count). The van der Waals surface area contributed by atoms with E-state index in [-0.39, 0.29) is 12.1 Å². The smallest absolute Gasteiger partial charge is 0.0306 e. The molecular weight excluding hydrogens is 272 g/mol. The van der Waals surface area contributed by atoms with Gasteiger partial charge in [-0.1, -0.05) is 60.7 Å². The lowest BCUT2D eigenvalue weighted by atomic mass is 10.1. The minimum absolute atomic E-state index is 0.0983. The number of hydrogen-bond donors (Lipinski definition) is 4. The van der Waals surface area contributed by atoms with Crippen LogP contribution in [0.1, 0.15) is 36.1 Å². The molecule has 2 atom stereocenters. The lowest BCUT2D eigenvalue weighted by Gasteiger charge is -2.09.